The van der Waals surface area contributed by atoms with E-state index in [9.17, 15) is 0 Å². The van der Waals surface area contributed by atoms with Crippen molar-refractivity contribution in [2.45, 2.75) is 79.1 Å². The summed E-state index contributed by atoms with van der Waals surface area (Å²) >= 11 is 0. The zero-order valence-electron chi connectivity index (χ0n) is 22.2. The topological polar surface area (TPSA) is 0 Å². The molecule has 0 aromatic heterocycles. The Balaban J connectivity index is 1.82. The van der Waals surface area contributed by atoms with Gasteiger partial charge in [0.15, 0.2) is 0 Å². The van der Waals surface area contributed by atoms with Crippen LogP contribution in [0.25, 0.3) is 12.2 Å². The van der Waals surface area contributed by atoms with Crippen LogP contribution in [0.5, 0.6) is 0 Å². The number of hydrogen-bond donors (Lipinski definition) is 0. The van der Waals surface area contributed by atoms with Crippen LogP contribution in [0.1, 0.15) is 101 Å². The van der Waals surface area contributed by atoms with Crippen molar-refractivity contribution in [3.8, 4) is 0 Å². The highest BCUT2D eigenvalue weighted by molar-refractivity contribution is 5.72. The smallest absolute Gasteiger partial charge is 0.00574 e. The van der Waals surface area contributed by atoms with E-state index in [0.717, 1.165) is 5.92 Å². The Morgan fingerprint density at radius 2 is 1.29 bits per heavy atom. The lowest BCUT2D eigenvalue weighted by molar-refractivity contribution is 0.311. The first-order valence-electron chi connectivity index (χ1n) is 13.5. The fourth-order valence-electron chi connectivity index (χ4n) is 6.33. The van der Waals surface area contributed by atoms with Crippen molar-refractivity contribution < 1.29 is 0 Å². The molecule has 2 aromatic rings. The molecule has 0 aliphatic heterocycles. The van der Waals surface area contributed by atoms with Crippen LogP contribution < -0.4 is 0 Å². The molecule has 0 spiro atoms. The normalized spacial score (nSPS) is 25.6. The molecule has 0 fully saturated rings. The molecule has 0 saturated carbocycles. The molecule has 34 heavy (non-hydrogen) atoms. The van der Waals surface area contributed by atoms with Crippen LogP contribution >= 0.6 is 0 Å². The van der Waals surface area contributed by atoms with E-state index < -0.39 is 0 Å². The van der Waals surface area contributed by atoms with E-state index in [0.29, 0.717) is 29.6 Å². The Bertz CT molecular complexity index is 1050. The van der Waals surface area contributed by atoms with Crippen molar-refractivity contribution in [3.63, 3.8) is 0 Å². The second-order valence-corrected chi connectivity index (χ2v) is 11.6. The molecule has 180 valence electrons. The summed E-state index contributed by atoms with van der Waals surface area (Å²) in [6.45, 7) is 14.3. The maximum atomic E-state index is 2.59. The fraction of sp³-hybridized carbons (Fsp3) is 0.471. The molecule has 4 atom stereocenters. The highest BCUT2D eigenvalue weighted by Gasteiger charge is 2.31. The zero-order valence-corrected chi connectivity index (χ0v) is 22.2. The number of hydrogen-bond acceptors (Lipinski definition) is 0. The average Bonchev–Trinajstić information content (AvgIpc) is 2.82. The van der Waals surface area contributed by atoms with E-state index >= 15 is 0 Å². The Morgan fingerprint density at radius 3 is 1.91 bits per heavy atom. The Morgan fingerprint density at radius 1 is 0.706 bits per heavy atom. The van der Waals surface area contributed by atoms with E-state index in [1.165, 1.54) is 47.9 Å². The third-order valence-corrected chi connectivity index (χ3v) is 8.42. The van der Waals surface area contributed by atoms with Crippen LogP contribution in [0.15, 0.2) is 71.8 Å². The van der Waals surface area contributed by atoms with Gasteiger partial charge in [-0.05, 0) is 85.5 Å². The maximum absolute atomic E-state index is 2.59. The summed E-state index contributed by atoms with van der Waals surface area (Å²) in [4.78, 5) is 0. The van der Waals surface area contributed by atoms with Crippen LogP contribution in [0.3, 0.4) is 0 Å². The number of rotatable bonds is 6. The summed E-state index contributed by atoms with van der Waals surface area (Å²) in [6, 6.07) is 18.1. The van der Waals surface area contributed by atoms with Gasteiger partial charge < -0.3 is 0 Å². The lowest BCUT2D eigenvalue weighted by Gasteiger charge is -2.36. The SMILES string of the molecule is CC1=CC(c2ccc(/C=C/c3ccccc3)c(C3C=C(C)CCC3C(C)C)c2)C(C(C)C)CC1. The molecule has 0 heterocycles. The van der Waals surface area contributed by atoms with Crippen molar-refractivity contribution in [2.24, 2.45) is 23.7 Å². The van der Waals surface area contributed by atoms with Crippen molar-refractivity contribution >= 4 is 12.2 Å². The second-order valence-electron chi connectivity index (χ2n) is 11.6. The molecule has 0 heteroatoms. The summed E-state index contributed by atoms with van der Waals surface area (Å²) in [5, 5.41) is 0. The first-order chi connectivity index (χ1) is 16.3. The predicted octanol–water partition coefficient (Wildman–Crippen LogP) is 10.0. The van der Waals surface area contributed by atoms with Gasteiger partial charge in [0, 0.05) is 11.8 Å². The van der Waals surface area contributed by atoms with Gasteiger partial charge in [0.05, 0.1) is 0 Å². The van der Waals surface area contributed by atoms with E-state index in [1.807, 2.05) is 0 Å². The molecule has 2 aliphatic rings. The molecule has 0 nitrogen and oxygen atoms in total. The molecule has 2 aliphatic carbocycles. The van der Waals surface area contributed by atoms with Gasteiger partial charge in [0.2, 0.25) is 0 Å². The van der Waals surface area contributed by atoms with Crippen LogP contribution in [0.2, 0.25) is 0 Å². The molecule has 0 amide bonds. The molecule has 0 N–H and O–H groups in total. The van der Waals surface area contributed by atoms with E-state index in [1.54, 1.807) is 11.1 Å². The molecule has 2 aromatic carbocycles. The Hall–Kier alpha value is -2.34. The predicted molar refractivity (Wildman–Crippen MR) is 150 cm³/mol. The van der Waals surface area contributed by atoms with Gasteiger partial charge >= 0.3 is 0 Å². The number of allylic oxidation sites excluding steroid dienone is 4. The van der Waals surface area contributed by atoms with Gasteiger partial charge in [0.1, 0.15) is 0 Å². The third-order valence-electron chi connectivity index (χ3n) is 8.42. The van der Waals surface area contributed by atoms with E-state index in [4.69, 9.17) is 0 Å². The van der Waals surface area contributed by atoms with Gasteiger partial charge in [-0.1, -0.05) is 112 Å². The van der Waals surface area contributed by atoms with Gasteiger partial charge in [0.25, 0.3) is 0 Å². The van der Waals surface area contributed by atoms with Crippen molar-refractivity contribution in [1.29, 1.82) is 0 Å². The van der Waals surface area contributed by atoms with Crippen LogP contribution in [0, 0.1) is 23.7 Å². The van der Waals surface area contributed by atoms with Crippen LogP contribution in [-0.4, -0.2) is 0 Å². The quantitative estimate of drug-likeness (QED) is 0.302. The van der Waals surface area contributed by atoms with Crippen molar-refractivity contribution in [3.05, 3.63) is 94.1 Å². The first-order valence-corrected chi connectivity index (χ1v) is 13.5. The lowest BCUT2D eigenvalue weighted by atomic mass is 9.69. The molecule has 0 bridgehead atoms. The van der Waals surface area contributed by atoms with Crippen molar-refractivity contribution in [2.75, 3.05) is 0 Å². The summed E-state index contributed by atoms with van der Waals surface area (Å²) in [5.74, 6) is 3.85. The minimum Gasteiger partial charge on any atom is -0.0778 e. The minimum absolute atomic E-state index is 0.496. The summed E-state index contributed by atoms with van der Waals surface area (Å²) < 4.78 is 0. The van der Waals surface area contributed by atoms with Gasteiger partial charge in [-0.15, -0.1) is 0 Å². The molecule has 4 rings (SSSR count). The molecule has 0 radical (unpaired) electrons. The van der Waals surface area contributed by atoms with Gasteiger partial charge in [-0.3, -0.25) is 0 Å². The minimum atomic E-state index is 0.496. The van der Waals surface area contributed by atoms with Crippen LogP contribution in [-0.2, 0) is 0 Å². The fourth-order valence-corrected chi connectivity index (χ4v) is 6.33. The molecule has 4 unspecified atom stereocenters. The lowest BCUT2D eigenvalue weighted by Crippen LogP contribution is -2.23. The summed E-state index contributed by atoms with van der Waals surface area (Å²) in [7, 11) is 0. The summed E-state index contributed by atoms with van der Waals surface area (Å²) in [6.07, 6.45) is 14.9. The Kier molecular flexibility index (Phi) is 7.97. The van der Waals surface area contributed by atoms with E-state index in [-0.39, 0.29) is 0 Å². The highest BCUT2D eigenvalue weighted by Crippen LogP contribution is 2.45. The van der Waals surface area contributed by atoms with Gasteiger partial charge in [-0.25, -0.2) is 0 Å². The Labute approximate surface area is 208 Å². The zero-order chi connectivity index (χ0) is 24.2. The monoisotopic (exact) mass is 452 g/mol. The first kappa shape index (κ1) is 24.8. The van der Waals surface area contributed by atoms with E-state index in [2.05, 4.69) is 114 Å². The van der Waals surface area contributed by atoms with Gasteiger partial charge in [-0.2, -0.15) is 0 Å². The second kappa shape index (κ2) is 10.9. The molecule has 0 saturated heterocycles. The highest BCUT2D eigenvalue weighted by atomic mass is 14.4. The average molecular weight is 453 g/mol. The molecular formula is C34H44. The standard InChI is InChI=1S/C34H44/c1-23(2)30-18-12-25(5)20-32(30)29-17-16-28(15-14-27-10-8-7-9-11-27)33(22-29)34-21-26(6)13-19-31(34)24(3)4/h7-11,14-17,20-24,30-32,34H,12-13,18-19H2,1-6H3/b15-14+. The molecular weight excluding hydrogens is 408 g/mol. The largest absolute Gasteiger partial charge is 0.0778 e. The maximum Gasteiger partial charge on any atom is 0.00574 e. The summed E-state index contributed by atoms with van der Waals surface area (Å²) in [5.41, 5.74) is 8.81. The number of benzene rings is 2. The van der Waals surface area contributed by atoms with Crippen LogP contribution in [0.4, 0.5) is 0 Å². The third kappa shape index (κ3) is 5.65. The van der Waals surface area contributed by atoms with Crippen molar-refractivity contribution in [1.82, 2.24) is 0 Å².